The highest BCUT2D eigenvalue weighted by molar-refractivity contribution is 14.1. The number of esters is 1. The molecule has 2 heterocycles. The summed E-state index contributed by atoms with van der Waals surface area (Å²) in [5.41, 5.74) is 0.273. The molecular formula is C24H36IN5O3. The summed E-state index contributed by atoms with van der Waals surface area (Å²) in [7, 11) is 3.48. The summed E-state index contributed by atoms with van der Waals surface area (Å²) >= 11 is 2.25. The maximum Gasteiger partial charge on any atom is 0.326 e. The fraction of sp³-hybridized carbons (Fsp3) is 0.625. The summed E-state index contributed by atoms with van der Waals surface area (Å²) in [6, 6.07) is 4.87. The Kier molecular flexibility index (Phi) is 8.26. The van der Waals surface area contributed by atoms with E-state index >= 15 is 0 Å². The number of carbonyl (C=O) groups excluding carboxylic acids is 1. The van der Waals surface area contributed by atoms with Gasteiger partial charge in [0.25, 0.3) is 0 Å². The monoisotopic (exact) mass is 569 g/mol. The number of fused-ring (bicyclic) bond motifs is 1. The van der Waals surface area contributed by atoms with Crippen LogP contribution in [0, 0.1) is 3.57 Å². The Labute approximate surface area is 210 Å². The molecule has 9 heteroatoms. The number of rotatable bonds is 7. The largest absolute Gasteiger partial charge is 0.496 e. The van der Waals surface area contributed by atoms with E-state index in [4.69, 9.17) is 19.4 Å². The van der Waals surface area contributed by atoms with Crippen LogP contribution in [-0.2, 0) is 9.53 Å². The van der Waals surface area contributed by atoms with Crippen LogP contribution in [0.25, 0.3) is 10.9 Å². The van der Waals surface area contributed by atoms with Gasteiger partial charge < -0.3 is 24.6 Å². The van der Waals surface area contributed by atoms with Crippen LogP contribution in [-0.4, -0.2) is 72.3 Å². The number of likely N-dealkylation sites (tertiary alicyclic amines) is 1. The number of anilines is 2. The number of likely N-dealkylation sites (N-methyl/N-ethyl adjacent to an activating group) is 1. The molecule has 1 fully saturated rings. The van der Waals surface area contributed by atoms with Gasteiger partial charge in [-0.3, -0.25) is 4.79 Å². The second kappa shape index (κ2) is 10.6. The normalized spacial score (nSPS) is 15.7. The second-order valence-corrected chi connectivity index (χ2v) is 11.0. The van der Waals surface area contributed by atoms with Crippen LogP contribution in [0.4, 0.5) is 11.8 Å². The Morgan fingerprint density at radius 1 is 1.27 bits per heavy atom. The van der Waals surface area contributed by atoms with Crippen LogP contribution in [0.5, 0.6) is 5.75 Å². The van der Waals surface area contributed by atoms with E-state index in [-0.39, 0.29) is 12.5 Å². The maximum atomic E-state index is 12.4. The minimum absolute atomic E-state index is 0.0717. The molecule has 0 aliphatic carbocycles. The molecule has 0 spiro atoms. The average Bonchev–Trinajstić information content (AvgIpc) is 2.72. The summed E-state index contributed by atoms with van der Waals surface area (Å²) in [5.74, 6) is 1.73. The number of methoxy groups -OCH3 is 1. The first-order valence-electron chi connectivity index (χ1n) is 11.5. The number of nitrogens with one attached hydrogen (secondary N) is 1. The van der Waals surface area contributed by atoms with E-state index in [0.717, 1.165) is 52.0 Å². The van der Waals surface area contributed by atoms with Gasteiger partial charge in [-0.05, 0) is 82.2 Å². The predicted octanol–water partition coefficient (Wildman–Crippen LogP) is 4.31. The molecule has 0 saturated carbocycles. The third-order valence-electron chi connectivity index (χ3n) is 5.69. The van der Waals surface area contributed by atoms with Gasteiger partial charge in [-0.15, -0.1) is 0 Å². The smallest absolute Gasteiger partial charge is 0.326 e. The lowest BCUT2D eigenvalue weighted by Gasteiger charge is -2.35. The Hall–Kier alpha value is -1.88. The van der Waals surface area contributed by atoms with E-state index < -0.39 is 5.60 Å². The van der Waals surface area contributed by atoms with Crippen molar-refractivity contribution >= 4 is 51.2 Å². The molecule has 182 valence electrons. The Bertz CT molecular complexity index is 984. The summed E-state index contributed by atoms with van der Waals surface area (Å²) in [6.07, 6.45) is 2.10. The topological polar surface area (TPSA) is 79.8 Å². The highest BCUT2D eigenvalue weighted by Crippen LogP contribution is 2.32. The van der Waals surface area contributed by atoms with E-state index in [2.05, 4.69) is 46.7 Å². The highest BCUT2D eigenvalue weighted by atomic mass is 127. The van der Waals surface area contributed by atoms with E-state index in [1.807, 2.05) is 40.0 Å². The molecule has 1 aromatic heterocycles. The Morgan fingerprint density at radius 3 is 2.52 bits per heavy atom. The van der Waals surface area contributed by atoms with Gasteiger partial charge in [0.1, 0.15) is 23.7 Å². The van der Waals surface area contributed by atoms with E-state index in [1.54, 1.807) is 12.0 Å². The number of benzene rings is 1. The van der Waals surface area contributed by atoms with Crippen molar-refractivity contribution in [1.29, 1.82) is 0 Å². The minimum Gasteiger partial charge on any atom is -0.496 e. The molecule has 1 N–H and O–H groups in total. The number of nitrogens with zero attached hydrogens (tertiary/aromatic N) is 4. The quantitative estimate of drug-likeness (QED) is 0.391. The van der Waals surface area contributed by atoms with E-state index in [0.29, 0.717) is 18.0 Å². The van der Waals surface area contributed by atoms with Crippen molar-refractivity contribution in [2.75, 3.05) is 44.0 Å². The number of hydrogen-bond donors (Lipinski definition) is 1. The molecule has 0 atom stereocenters. The van der Waals surface area contributed by atoms with E-state index in [1.165, 1.54) is 0 Å². The maximum absolute atomic E-state index is 12.4. The van der Waals surface area contributed by atoms with Crippen molar-refractivity contribution in [3.8, 4) is 5.75 Å². The van der Waals surface area contributed by atoms with Gasteiger partial charge in [0.15, 0.2) is 0 Å². The fourth-order valence-electron chi connectivity index (χ4n) is 3.95. The molecule has 1 aliphatic rings. The lowest BCUT2D eigenvalue weighted by atomic mass is 10.0. The Morgan fingerprint density at radius 2 is 1.94 bits per heavy atom. The van der Waals surface area contributed by atoms with Crippen LogP contribution in [0.15, 0.2) is 12.1 Å². The standard InChI is InChI=1S/C24H36IN5O3/c1-15(2)30-10-8-16(9-11-30)26-22-17-12-20(32-7)18(25)13-19(17)27-23(28-22)29(6)14-21(31)33-24(3,4)5/h12-13,15-16H,8-11,14H2,1-7H3,(H,26,27,28). The molecule has 3 rings (SSSR count). The lowest BCUT2D eigenvalue weighted by molar-refractivity contribution is -0.152. The number of piperidine rings is 1. The van der Waals surface area contributed by atoms with Crippen molar-refractivity contribution < 1.29 is 14.3 Å². The summed E-state index contributed by atoms with van der Waals surface area (Å²) < 4.78 is 12.0. The van der Waals surface area contributed by atoms with Crippen LogP contribution in [0.2, 0.25) is 0 Å². The van der Waals surface area contributed by atoms with Gasteiger partial charge in [-0.1, -0.05) is 0 Å². The van der Waals surface area contributed by atoms with Crippen LogP contribution in [0.3, 0.4) is 0 Å². The lowest BCUT2D eigenvalue weighted by Crippen LogP contribution is -2.42. The van der Waals surface area contributed by atoms with Crippen molar-refractivity contribution in [3.63, 3.8) is 0 Å². The summed E-state index contributed by atoms with van der Waals surface area (Å²) in [4.78, 5) is 26.2. The first-order valence-corrected chi connectivity index (χ1v) is 12.5. The van der Waals surface area contributed by atoms with Crippen molar-refractivity contribution in [1.82, 2.24) is 14.9 Å². The highest BCUT2D eigenvalue weighted by Gasteiger charge is 2.24. The van der Waals surface area contributed by atoms with Gasteiger partial charge in [0.05, 0.1) is 16.2 Å². The molecule has 0 amide bonds. The Balaban J connectivity index is 1.90. The van der Waals surface area contributed by atoms with E-state index in [9.17, 15) is 4.79 Å². The molecule has 1 saturated heterocycles. The van der Waals surface area contributed by atoms with Gasteiger partial charge in [-0.2, -0.15) is 4.98 Å². The molecule has 33 heavy (non-hydrogen) atoms. The zero-order chi connectivity index (χ0) is 24.3. The van der Waals surface area contributed by atoms with Crippen LogP contribution < -0.4 is 15.0 Å². The van der Waals surface area contributed by atoms with Gasteiger partial charge in [-0.25, -0.2) is 4.98 Å². The predicted molar refractivity (Wildman–Crippen MR) is 141 cm³/mol. The number of carbonyl (C=O) groups is 1. The zero-order valence-corrected chi connectivity index (χ0v) is 22.9. The number of hydrogen-bond acceptors (Lipinski definition) is 8. The number of ether oxygens (including phenoxy) is 2. The summed E-state index contributed by atoms with van der Waals surface area (Å²) in [6.45, 7) is 12.3. The molecular weight excluding hydrogens is 533 g/mol. The van der Waals surface area contributed by atoms with Gasteiger partial charge in [0.2, 0.25) is 5.95 Å². The van der Waals surface area contributed by atoms with Crippen molar-refractivity contribution in [2.45, 2.75) is 65.1 Å². The SMILES string of the molecule is COc1cc2c(NC3CCN(C(C)C)CC3)nc(N(C)CC(=O)OC(C)(C)C)nc2cc1I. The number of aromatic nitrogens is 2. The zero-order valence-electron chi connectivity index (χ0n) is 20.7. The van der Waals surface area contributed by atoms with Gasteiger partial charge in [0, 0.05) is 37.6 Å². The molecule has 2 aromatic rings. The third kappa shape index (κ3) is 6.81. The molecule has 0 unspecified atom stereocenters. The molecule has 1 aromatic carbocycles. The molecule has 0 radical (unpaired) electrons. The minimum atomic E-state index is -0.535. The number of halogens is 1. The first-order chi connectivity index (χ1) is 15.5. The van der Waals surface area contributed by atoms with Gasteiger partial charge >= 0.3 is 5.97 Å². The third-order valence-corrected chi connectivity index (χ3v) is 6.53. The molecule has 8 nitrogen and oxygen atoms in total. The average molecular weight is 569 g/mol. The van der Waals surface area contributed by atoms with Crippen LogP contribution >= 0.6 is 22.6 Å². The summed E-state index contributed by atoms with van der Waals surface area (Å²) in [5, 5.41) is 4.57. The van der Waals surface area contributed by atoms with Crippen molar-refractivity contribution in [2.24, 2.45) is 0 Å². The second-order valence-electron chi connectivity index (χ2n) is 9.87. The fourth-order valence-corrected chi connectivity index (χ4v) is 4.62. The van der Waals surface area contributed by atoms with Crippen molar-refractivity contribution in [3.05, 3.63) is 15.7 Å². The van der Waals surface area contributed by atoms with Crippen LogP contribution in [0.1, 0.15) is 47.5 Å². The molecule has 0 bridgehead atoms. The first kappa shape index (κ1) is 25.7. The molecule has 1 aliphatic heterocycles.